The van der Waals surface area contributed by atoms with E-state index in [1.807, 2.05) is 6.07 Å². The molecule has 1 aromatic carbocycles. The van der Waals surface area contributed by atoms with Gasteiger partial charge in [0.25, 0.3) is 0 Å². The van der Waals surface area contributed by atoms with Crippen molar-refractivity contribution in [2.75, 3.05) is 0 Å². The third-order valence-electron chi connectivity index (χ3n) is 2.47. The van der Waals surface area contributed by atoms with Gasteiger partial charge in [0.15, 0.2) is 0 Å². The average Bonchev–Trinajstić information content (AvgIpc) is 2.68. The van der Waals surface area contributed by atoms with Gasteiger partial charge in [0, 0.05) is 0 Å². The Morgan fingerprint density at radius 3 is 2.25 bits per heavy atom. The summed E-state index contributed by atoms with van der Waals surface area (Å²) < 4.78 is 15.2. The summed E-state index contributed by atoms with van der Waals surface area (Å²) in [4.78, 5) is 0. The molecule has 0 fully saturated rings. The van der Waals surface area contributed by atoms with Crippen LogP contribution >= 0.6 is 0 Å². The third kappa shape index (κ3) is 2.10. The topological polar surface area (TPSA) is 30.7 Å². The molecule has 2 aromatic rings. The van der Waals surface area contributed by atoms with Crippen molar-refractivity contribution in [1.29, 1.82) is 0 Å². The van der Waals surface area contributed by atoms with Gasteiger partial charge in [-0.25, -0.2) is 4.39 Å². The first-order valence-corrected chi connectivity index (χ1v) is 5.13. The Hall–Kier alpha value is -1.71. The van der Waals surface area contributed by atoms with Crippen molar-refractivity contribution in [3.8, 4) is 5.69 Å². The number of hydrogen-bond donors (Lipinski definition) is 0. The van der Waals surface area contributed by atoms with E-state index in [-0.39, 0.29) is 11.2 Å². The lowest BCUT2D eigenvalue weighted by Gasteiger charge is -2.20. The Labute approximate surface area is 93.9 Å². The maximum Gasteiger partial charge on any atom is 0.125 e. The molecule has 16 heavy (non-hydrogen) atoms. The third-order valence-corrected chi connectivity index (χ3v) is 2.47. The zero-order valence-electron chi connectivity index (χ0n) is 9.61. The van der Waals surface area contributed by atoms with Crippen LogP contribution < -0.4 is 0 Å². The Balaban J connectivity index is 2.53. The SMILES string of the molecule is CC(C)(C)c1cc(F)cc(-n2cnnc2)c1. The summed E-state index contributed by atoms with van der Waals surface area (Å²) in [6, 6.07) is 4.99. The molecule has 0 spiro atoms. The molecule has 0 saturated heterocycles. The quantitative estimate of drug-likeness (QED) is 0.738. The summed E-state index contributed by atoms with van der Waals surface area (Å²) in [5.41, 5.74) is 1.62. The largest absolute Gasteiger partial charge is 0.288 e. The van der Waals surface area contributed by atoms with Gasteiger partial charge in [0.05, 0.1) is 5.69 Å². The highest BCUT2D eigenvalue weighted by Gasteiger charge is 2.15. The lowest BCUT2D eigenvalue weighted by atomic mass is 9.87. The molecule has 0 atom stereocenters. The van der Waals surface area contributed by atoms with Crippen LogP contribution in [0.4, 0.5) is 4.39 Å². The van der Waals surface area contributed by atoms with Crippen LogP contribution in [0.2, 0.25) is 0 Å². The highest BCUT2D eigenvalue weighted by Crippen LogP contribution is 2.25. The van der Waals surface area contributed by atoms with E-state index in [4.69, 9.17) is 0 Å². The van der Waals surface area contributed by atoms with Crippen molar-refractivity contribution in [3.05, 3.63) is 42.2 Å². The van der Waals surface area contributed by atoms with Crippen molar-refractivity contribution in [2.24, 2.45) is 0 Å². The van der Waals surface area contributed by atoms with Crippen LogP contribution in [-0.4, -0.2) is 14.8 Å². The minimum atomic E-state index is -0.240. The fraction of sp³-hybridized carbons (Fsp3) is 0.333. The van der Waals surface area contributed by atoms with Crippen LogP contribution in [0.25, 0.3) is 5.69 Å². The minimum absolute atomic E-state index is 0.0785. The molecule has 1 aromatic heterocycles. The van der Waals surface area contributed by atoms with Crippen molar-refractivity contribution >= 4 is 0 Å². The first-order chi connectivity index (χ1) is 7.47. The van der Waals surface area contributed by atoms with Gasteiger partial charge in [-0.05, 0) is 29.2 Å². The monoisotopic (exact) mass is 219 g/mol. The highest BCUT2D eigenvalue weighted by atomic mass is 19.1. The average molecular weight is 219 g/mol. The van der Waals surface area contributed by atoms with Crippen LogP contribution in [0.5, 0.6) is 0 Å². The molecule has 1 heterocycles. The first-order valence-electron chi connectivity index (χ1n) is 5.13. The molecule has 0 unspecified atom stereocenters. The fourth-order valence-electron chi connectivity index (χ4n) is 1.49. The van der Waals surface area contributed by atoms with E-state index < -0.39 is 0 Å². The van der Waals surface area contributed by atoms with Crippen LogP contribution in [0, 0.1) is 5.82 Å². The van der Waals surface area contributed by atoms with E-state index in [0.717, 1.165) is 11.3 Å². The zero-order valence-corrected chi connectivity index (χ0v) is 9.61. The standard InChI is InChI=1S/C12H14FN3/c1-12(2,3)9-4-10(13)6-11(5-9)16-7-14-15-8-16/h4-8H,1-3H3. The molecule has 0 aliphatic rings. The van der Waals surface area contributed by atoms with Crippen molar-refractivity contribution < 1.29 is 4.39 Å². The first kappa shape index (κ1) is 10.8. The van der Waals surface area contributed by atoms with Crippen molar-refractivity contribution in [1.82, 2.24) is 14.8 Å². The van der Waals surface area contributed by atoms with Gasteiger partial charge >= 0.3 is 0 Å². The van der Waals surface area contributed by atoms with E-state index >= 15 is 0 Å². The number of benzene rings is 1. The second-order valence-electron chi connectivity index (χ2n) is 4.82. The molecule has 0 aliphatic heterocycles. The Morgan fingerprint density at radius 1 is 1.06 bits per heavy atom. The Morgan fingerprint density at radius 2 is 1.69 bits per heavy atom. The number of halogens is 1. The maximum atomic E-state index is 13.5. The number of rotatable bonds is 1. The summed E-state index contributed by atoms with van der Waals surface area (Å²) in [5.74, 6) is -0.240. The van der Waals surface area contributed by atoms with Gasteiger partial charge in [-0.1, -0.05) is 20.8 Å². The van der Waals surface area contributed by atoms with Crippen molar-refractivity contribution in [3.63, 3.8) is 0 Å². The molecule has 4 heteroatoms. The van der Waals surface area contributed by atoms with E-state index in [1.54, 1.807) is 23.3 Å². The summed E-state index contributed by atoms with van der Waals surface area (Å²) in [6.07, 6.45) is 3.11. The summed E-state index contributed by atoms with van der Waals surface area (Å²) >= 11 is 0. The van der Waals surface area contributed by atoms with Gasteiger partial charge in [-0.15, -0.1) is 10.2 Å². The van der Waals surface area contributed by atoms with Crippen LogP contribution in [0.15, 0.2) is 30.9 Å². The van der Waals surface area contributed by atoms with E-state index in [0.29, 0.717) is 0 Å². The van der Waals surface area contributed by atoms with Gasteiger partial charge in [0.2, 0.25) is 0 Å². The van der Waals surface area contributed by atoms with E-state index in [1.165, 1.54) is 6.07 Å². The lowest BCUT2D eigenvalue weighted by Crippen LogP contribution is -2.12. The van der Waals surface area contributed by atoms with Crippen LogP contribution in [-0.2, 0) is 5.41 Å². The van der Waals surface area contributed by atoms with E-state index in [9.17, 15) is 4.39 Å². The molecule has 0 amide bonds. The molecule has 84 valence electrons. The fourth-order valence-corrected chi connectivity index (χ4v) is 1.49. The number of aromatic nitrogens is 3. The van der Waals surface area contributed by atoms with Crippen LogP contribution in [0.3, 0.4) is 0 Å². The van der Waals surface area contributed by atoms with Crippen molar-refractivity contribution in [2.45, 2.75) is 26.2 Å². The minimum Gasteiger partial charge on any atom is -0.288 e. The predicted octanol–water partition coefficient (Wildman–Crippen LogP) is 2.70. The highest BCUT2D eigenvalue weighted by molar-refractivity contribution is 5.38. The maximum absolute atomic E-state index is 13.5. The molecule has 0 radical (unpaired) electrons. The van der Waals surface area contributed by atoms with Crippen LogP contribution in [0.1, 0.15) is 26.3 Å². The number of hydrogen-bond acceptors (Lipinski definition) is 2. The Bertz CT molecular complexity index is 483. The molecule has 0 aliphatic carbocycles. The normalized spacial score (nSPS) is 11.8. The second kappa shape index (κ2) is 3.70. The molecular formula is C12H14FN3. The summed E-state index contributed by atoms with van der Waals surface area (Å²) in [7, 11) is 0. The molecule has 3 nitrogen and oxygen atoms in total. The smallest absolute Gasteiger partial charge is 0.125 e. The summed E-state index contributed by atoms with van der Waals surface area (Å²) in [5, 5.41) is 7.42. The molecule has 0 bridgehead atoms. The zero-order chi connectivity index (χ0) is 11.8. The Kier molecular flexibility index (Phi) is 2.50. The van der Waals surface area contributed by atoms with Gasteiger partial charge in [-0.2, -0.15) is 0 Å². The lowest BCUT2D eigenvalue weighted by molar-refractivity contribution is 0.571. The second-order valence-corrected chi connectivity index (χ2v) is 4.82. The van der Waals surface area contributed by atoms with Gasteiger partial charge in [-0.3, -0.25) is 4.57 Å². The molecular weight excluding hydrogens is 205 g/mol. The van der Waals surface area contributed by atoms with Gasteiger partial charge < -0.3 is 0 Å². The number of nitrogens with zero attached hydrogens (tertiary/aromatic N) is 3. The van der Waals surface area contributed by atoms with E-state index in [2.05, 4.69) is 31.0 Å². The molecule has 0 N–H and O–H groups in total. The van der Waals surface area contributed by atoms with Gasteiger partial charge in [0.1, 0.15) is 18.5 Å². The predicted molar refractivity (Wildman–Crippen MR) is 60.0 cm³/mol. The molecule has 0 saturated carbocycles. The molecule has 2 rings (SSSR count). The summed E-state index contributed by atoms with van der Waals surface area (Å²) in [6.45, 7) is 6.16.